The number of rotatable bonds is 10. The lowest BCUT2D eigenvalue weighted by Crippen LogP contribution is -2.38. The van der Waals surface area contributed by atoms with E-state index >= 15 is 0 Å². The molecule has 0 N–H and O–H groups in total. The third-order valence-corrected chi connectivity index (χ3v) is 6.55. The van der Waals surface area contributed by atoms with Crippen LogP contribution in [-0.4, -0.2) is 55.7 Å². The van der Waals surface area contributed by atoms with E-state index in [1.807, 2.05) is 43.3 Å². The lowest BCUT2D eigenvalue weighted by atomic mass is 10.2. The summed E-state index contributed by atoms with van der Waals surface area (Å²) < 4.78 is 12.1. The monoisotopic (exact) mass is 477 g/mol. The Hall–Kier alpha value is -2.35. The van der Waals surface area contributed by atoms with Crippen molar-refractivity contribution in [2.24, 2.45) is 0 Å². The zero-order valence-electron chi connectivity index (χ0n) is 19.4. The number of aryl methyl sites for hydroxylation is 1. The number of thiazole rings is 1. The molecule has 0 fully saturated rings. The van der Waals surface area contributed by atoms with Gasteiger partial charge < -0.3 is 14.4 Å². The second-order valence-corrected chi connectivity index (χ2v) is 8.18. The van der Waals surface area contributed by atoms with Gasteiger partial charge in [0.25, 0.3) is 5.91 Å². The van der Waals surface area contributed by atoms with Crippen molar-refractivity contribution in [1.82, 2.24) is 9.88 Å². The third kappa shape index (κ3) is 5.71. The lowest BCUT2D eigenvalue weighted by Gasteiger charge is -2.24. The van der Waals surface area contributed by atoms with Gasteiger partial charge in [-0.05, 0) is 62.8 Å². The molecule has 8 heteroatoms. The van der Waals surface area contributed by atoms with Crippen LogP contribution in [0.4, 0.5) is 5.13 Å². The van der Waals surface area contributed by atoms with E-state index in [1.165, 1.54) is 11.3 Å². The van der Waals surface area contributed by atoms with E-state index in [9.17, 15) is 4.79 Å². The fraction of sp³-hybridized carbons (Fsp3) is 0.417. The zero-order valence-corrected chi connectivity index (χ0v) is 21.0. The second-order valence-electron chi connectivity index (χ2n) is 7.20. The SMILES string of the molecule is CCOc1ccc(C(=O)N(CCN(CC)CC)c2nc3c(OC)ccc(C)c3s2)cc1.Cl. The minimum Gasteiger partial charge on any atom is -0.494 e. The maximum atomic E-state index is 13.5. The Labute approximate surface area is 200 Å². The number of halogens is 1. The molecule has 0 unspecified atom stereocenters. The number of fused-ring (bicyclic) bond motifs is 1. The number of likely N-dealkylation sites (N-methyl/N-ethyl adjacent to an activating group) is 1. The van der Waals surface area contributed by atoms with Crippen LogP contribution in [0.5, 0.6) is 11.5 Å². The molecule has 3 aromatic rings. The summed E-state index contributed by atoms with van der Waals surface area (Å²) in [4.78, 5) is 22.4. The first-order valence-corrected chi connectivity index (χ1v) is 11.5. The van der Waals surface area contributed by atoms with Gasteiger partial charge in [-0.3, -0.25) is 9.69 Å². The van der Waals surface area contributed by atoms with Gasteiger partial charge >= 0.3 is 0 Å². The normalized spacial score (nSPS) is 10.8. The quantitative estimate of drug-likeness (QED) is 0.390. The molecule has 0 aliphatic carbocycles. The highest BCUT2D eigenvalue weighted by atomic mass is 35.5. The summed E-state index contributed by atoms with van der Waals surface area (Å²) in [7, 11) is 1.65. The Bertz CT molecular complexity index is 1020. The molecule has 3 rings (SSSR count). The van der Waals surface area contributed by atoms with Crippen molar-refractivity contribution >= 4 is 45.0 Å². The standard InChI is InChI=1S/C24H31N3O3S.ClH/c1-6-26(7-2)15-16-27(23(28)18-10-12-19(13-11-18)30-8-3)24-25-21-20(29-5)14-9-17(4)22(21)31-24;/h9-14H,6-8,15-16H2,1-5H3;1H. The molecule has 32 heavy (non-hydrogen) atoms. The second kappa shape index (κ2) is 12.0. The Kier molecular flexibility index (Phi) is 9.75. The summed E-state index contributed by atoms with van der Waals surface area (Å²) in [5, 5.41) is 0.689. The van der Waals surface area contributed by atoms with Gasteiger partial charge in [-0.2, -0.15) is 0 Å². The molecule has 1 amide bonds. The number of ether oxygens (including phenoxy) is 2. The first-order valence-electron chi connectivity index (χ1n) is 10.7. The molecule has 0 atom stereocenters. The topological polar surface area (TPSA) is 54.9 Å². The first kappa shape index (κ1) is 25.9. The van der Waals surface area contributed by atoms with Gasteiger partial charge in [-0.25, -0.2) is 4.98 Å². The van der Waals surface area contributed by atoms with Crippen LogP contribution in [0.1, 0.15) is 36.7 Å². The first-order chi connectivity index (χ1) is 15.0. The number of hydrogen-bond donors (Lipinski definition) is 0. The molecule has 0 spiro atoms. The maximum absolute atomic E-state index is 13.5. The van der Waals surface area contributed by atoms with Crippen molar-refractivity contribution in [3.05, 3.63) is 47.5 Å². The number of anilines is 1. The number of aromatic nitrogens is 1. The van der Waals surface area contributed by atoms with Gasteiger partial charge in [0, 0.05) is 18.7 Å². The fourth-order valence-corrected chi connectivity index (χ4v) is 4.54. The van der Waals surface area contributed by atoms with Gasteiger partial charge in [-0.1, -0.05) is 31.3 Å². The zero-order chi connectivity index (χ0) is 22.4. The van der Waals surface area contributed by atoms with Crippen molar-refractivity contribution in [3.8, 4) is 11.5 Å². The molecule has 1 aromatic heterocycles. The molecule has 6 nitrogen and oxygen atoms in total. The molecule has 0 aliphatic rings. The smallest absolute Gasteiger partial charge is 0.260 e. The van der Waals surface area contributed by atoms with Crippen LogP contribution in [0.3, 0.4) is 0 Å². The average Bonchev–Trinajstić information content (AvgIpc) is 3.23. The Morgan fingerprint density at radius 2 is 1.72 bits per heavy atom. The average molecular weight is 478 g/mol. The summed E-state index contributed by atoms with van der Waals surface area (Å²) in [5.74, 6) is 1.42. The molecule has 2 aromatic carbocycles. The number of carbonyl (C=O) groups excluding carboxylic acids is 1. The van der Waals surface area contributed by atoms with Gasteiger partial charge in [0.15, 0.2) is 5.13 Å². The predicted molar refractivity (Wildman–Crippen MR) is 135 cm³/mol. The van der Waals surface area contributed by atoms with E-state index in [2.05, 4.69) is 25.7 Å². The van der Waals surface area contributed by atoms with Gasteiger partial charge in [-0.15, -0.1) is 12.4 Å². The lowest BCUT2D eigenvalue weighted by molar-refractivity contribution is 0.0983. The molecule has 0 radical (unpaired) electrons. The summed E-state index contributed by atoms with van der Waals surface area (Å²) in [5.41, 5.74) is 2.54. The van der Waals surface area contributed by atoms with Crippen molar-refractivity contribution in [2.45, 2.75) is 27.7 Å². The Morgan fingerprint density at radius 3 is 2.31 bits per heavy atom. The summed E-state index contributed by atoms with van der Waals surface area (Å²) in [6, 6.07) is 11.3. The number of nitrogens with zero attached hydrogens (tertiary/aromatic N) is 3. The molecule has 174 valence electrons. The Morgan fingerprint density at radius 1 is 1.03 bits per heavy atom. The highest BCUT2D eigenvalue weighted by molar-refractivity contribution is 7.22. The minimum atomic E-state index is -0.0640. The van der Waals surface area contributed by atoms with Crippen molar-refractivity contribution < 1.29 is 14.3 Å². The van der Waals surface area contributed by atoms with Crippen molar-refractivity contribution in [3.63, 3.8) is 0 Å². The third-order valence-electron chi connectivity index (χ3n) is 5.33. The number of carbonyl (C=O) groups is 1. The van der Waals surface area contributed by atoms with E-state index in [0.717, 1.165) is 46.9 Å². The highest BCUT2D eigenvalue weighted by Gasteiger charge is 2.23. The van der Waals surface area contributed by atoms with Crippen LogP contribution in [0.15, 0.2) is 36.4 Å². The molecule has 0 bridgehead atoms. The van der Waals surface area contributed by atoms with Crippen LogP contribution in [0.2, 0.25) is 0 Å². The summed E-state index contributed by atoms with van der Waals surface area (Å²) in [6.45, 7) is 12.1. The summed E-state index contributed by atoms with van der Waals surface area (Å²) >= 11 is 1.53. The highest BCUT2D eigenvalue weighted by Crippen LogP contribution is 2.36. The van der Waals surface area contributed by atoms with E-state index in [-0.39, 0.29) is 18.3 Å². The fourth-order valence-electron chi connectivity index (χ4n) is 3.46. The number of benzene rings is 2. The molecular weight excluding hydrogens is 446 g/mol. The van der Waals surface area contributed by atoms with E-state index in [0.29, 0.717) is 23.8 Å². The molecule has 0 aliphatic heterocycles. The van der Waals surface area contributed by atoms with Crippen LogP contribution >= 0.6 is 23.7 Å². The number of hydrogen-bond acceptors (Lipinski definition) is 6. The summed E-state index contributed by atoms with van der Waals surface area (Å²) in [6.07, 6.45) is 0. The Balaban J connectivity index is 0.00000363. The number of amides is 1. The van der Waals surface area contributed by atoms with E-state index in [4.69, 9.17) is 14.5 Å². The van der Waals surface area contributed by atoms with Crippen molar-refractivity contribution in [2.75, 3.05) is 44.8 Å². The predicted octanol–water partition coefficient (Wildman–Crippen LogP) is 5.42. The van der Waals surface area contributed by atoms with Gasteiger partial charge in [0.2, 0.25) is 0 Å². The molecule has 1 heterocycles. The minimum absolute atomic E-state index is 0. The van der Waals surface area contributed by atoms with Crippen LogP contribution in [0.25, 0.3) is 10.2 Å². The van der Waals surface area contributed by atoms with Crippen LogP contribution in [-0.2, 0) is 0 Å². The molecule has 0 saturated heterocycles. The van der Waals surface area contributed by atoms with Crippen LogP contribution < -0.4 is 14.4 Å². The van der Waals surface area contributed by atoms with E-state index < -0.39 is 0 Å². The van der Waals surface area contributed by atoms with Gasteiger partial charge in [0.1, 0.15) is 17.0 Å². The van der Waals surface area contributed by atoms with Crippen LogP contribution in [0, 0.1) is 6.92 Å². The van der Waals surface area contributed by atoms with Gasteiger partial charge in [0.05, 0.1) is 18.4 Å². The molecular formula is C24H32ClN3O3S. The number of methoxy groups -OCH3 is 1. The largest absolute Gasteiger partial charge is 0.494 e. The molecule has 0 saturated carbocycles. The maximum Gasteiger partial charge on any atom is 0.260 e. The van der Waals surface area contributed by atoms with Crippen molar-refractivity contribution in [1.29, 1.82) is 0 Å². The van der Waals surface area contributed by atoms with E-state index in [1.54, 1.807) is 12.0 Å².